The number of hydrogen-bond acceptors (Lipinski definition) is 2. The Morgan fingerprint density at radius 1 is 1.14 bits per heavy atom. The van der Waals surface area contributed by atoms with Gasteiger partial charge in [-0.1, -0.05) is 42.8 Å². The largest absolute Gasteiger partial charge is 0.387 e. The lowest BCUT2D eigenvalue weighted by Crippen LogP contribution is -2.04. The van der Waals surface area contributed by atoms with Gasteiger partial charge in [0.1, 0.15) is 5.65 Å². The Kier molecular flexibility index (Phi) is 3.76. The molecule has 1 unspecified atom stereocenters. The molecule has 3 nitrogen and oxygen atoms in total. The zero-order valence-corrected chi connectivity index (χ0v) is 12.5. The number of imidazole rings is 1. The summed E-state index contributed by atoms with van der Waals surface area (Å²) in [6.45, 7) is 4.07. The zero-order valence-electron chi connectivity index (χ0n) is 12.5. The van der Waals surface area contributed by atoms with Gasteiger partial charge in [0.2, 0.25) is 0 Å². The van der Waals surface area contributed by atoms with E-state index in [0.717, 1.165) is 23.5 Å². The average molecular weight is 280 g/mol. The highest BCUT2D eigenvalue weighted by Gasteiger charge is 2.18. The molecule has 0 aliphatic carbocycles. The van der Waals surface area contributed by atoms with Gasteiger partial charge in [-0.25, -0.2) is 4.98 Å². The highest BCUT2D eigenvalue weighted by Crippen LogP contribution is 2.24. The highest BCUT2D eigenvalue weighted by atomic mass is 16.3. The minimum Gasteiger partial charge on any atom is -0.387 e. The predicted molar refractivity (Wildman–Crippen MR) is 84.4 cm³/mol. The van der Waals surface area contributed by atoms with E-state index in [9.17, 15) is 5.11 Å². The van der Waals surface area contributed by atoms with Gasteiger partial charge in [-0.2, -0.15) is 0 Å². The maximum Gasteiger partial charge on any atom is 0.137 e. The van der Waals surface area contributed by atoms with Crippen LogP contribution in [0.5, 0.6) is 0 Å². The van der Waals surface area contributed by atoms with Crippen LogP contribution in [0.3, 0.4) is 0 Å². The van der Waals surface area contributed by atoms with Crippen LogP contribution >= 0.6 is 0 Å². The number of aryl methyl sites for hydroxylation is 1. The number of nitrogens with zero attached hydrogens (tertiary/aromatic N) is 2. The van der Waals surface area contributed by atoms with Gasteiger partial charge in [0.15, 0.2) is 0 Å². The lowest BCUT2D eigenvalue weighted by Gasteiger charge is -2.10. The number of fused-ring (bicyclic) bond motifs is 1. The van der Waals surface area contributed by atoms with Crippen molar-refractivity contribution in [3.8, 4) is 0 Å². The second-order valence-corrected chi connectivity index (χ2v) is 5.46. The van der Waals surface area contributed by atoms with Gasteiger partial charge in [-0.15, -0.1) is 0 Å². The van der Waals surface area contributed by atoms with Gasteiger partial charge in [0.25, 0.3) is 0 Å². The minimum absolute atomic E-state index is 0.483. The Morgan fingerprint density at radius 2 is 1.90 bits per heavy atom. The number of hydrogen-bond donors (Lipinski definition) is 1. The highest BCUT2D eigenvalue weighted by molar-refractivity contribution is 5.45. The molecule has 0 fully saturated rings. The fourth-order valence-corrected chi connectivity index (χ4v) is 2.64. The van der Waals surface area contributed by atoms with Crippen LogP contribution in [0.25, 0.3) is 5.65 Å². The van der Waals surface area contributed by atoms with Crippen LogP contribution in [-0.2, 0) is 6.42 Å². The van der Waals surface area contributed by atoms with Gasteiger partial charge >= 0.3 is 0 Å². The van der Waals surface area contributed by atoms with E-state index in [4.69, 9.17) is 4.98 Å². The Balaban J connectivity index is 2.06. The fourth-order valence-electron chi connectivity index (χ4n) is 2.64. The molecule has 3 aromatic rings. The molecule has 108 valence electrons. The van der Waals surface area contributed by atoms with Crippen LogP contribution in [0.15, 0.2) is 48.7 Å². The van der Waals surface area contributed by atoms with E-state index in [2.05, 4.69) is 31.2 Å². The van der Waals surface area contributed by atoms with Crippen molar-refractivity contribution in [2.75, 3.05) is 0 Å². The molecule has 0 radical (unpaired) electrons. The molecule has 2 heterocycles. The van der Waals surface area contributed by atoms with Crippen LogP contribution in [0.2, 0.25) is 0 Å². The molecule has 1 aromatic carbocycles. The van der Waals surface area contributed by atoms with Crippen LogP contribution in [-0.4, -0.2) is 14.5 Å². The minimum atomic E-state index is -0.483. The van der Waals surface area contributed by atoms with Crippen LogP contribution in [0.4, 0.5) is 0 Å². The van der Waals surface area contributed by atoms with Crippen molar-refractivity contribution < 1.29 is 5.11 Å². The standard InChI is InChI=1S/C18H20N2O/c1-3-16(21)18-15(12-14-9-7-13(2)8-10-14)19-17-6-4-5-11-20(17)18/h4-11,16,21H,3,12H2,1-2H3. The number of aliphatic hydroxyl groups excluding tert-OH is 1. The first kappa shape index (κ1) is 13.8. The van der Waals surface area contributed by atoms with Crippen molar-refractivity contribution in [2.24, 2.45) is 0 Å². The van der Waals surface area contributed by atoms with Gasteiger partial charge in [-0.05, 0) is 31.0 Å². The van der Waals surface area contributed by atoms with Crippen molar-refractivity contribution >= 4 is 5.65 Å². The van der Waals surface area contributed by atoms with Crippen LogP contribution in [0.1, 0.15) is 42.0 Å². The monoisotopic (exact) mass is 280 g/mol. The summed E-state index contributed by atoms with van der Waals surface area (Å²) in [5, 5.41) is 10.4. The zero-order chi connectivity index (χ0) is 14.8. The Morgan fingerprint density at radius 3 is 2.62 bits per heavy atom. The number of pyridine rings is 1. The SMILES string of the molecule is CCC(O)c1c(Cc2ccc(C)cc2)nc2ccccn12. The normalized spacial score (nSPS) is 12.7. The third-order valence-corrected chi connectivity index (χ3v) is 3.84. The van der Waals surface area contributed by atoms with Gasteiger partial charge in [0, 0.05) is 12.6 Å². The lowest BCUT2D eigenvalue weighted by atomic mass is 10.0. The Hall–Kier alpha value is -2.13. The molecule has 1 N–H and O–H groups in total. The Labute approximate surface area is 124 Å². The molecule has 0 spiro atoms. The molecule has 0 saturated heterocycles. The van der Waals surface area contributed by atoms with Gasteiger partial charge in [0.05, 0.1) is 17.5 Å². The maximum absolute atomic E-state index is 10.4. The summed E-state index contributed by atoms with van der Waals surface area (Å²) in [5.41, 5.74) is 5.23. The maximum atomic E-state index is 10.4. The summed E-state index contributed by atoms with van der Waals surface area (Å²) >= 11 is 0. The second kappa shape index (κ2) is 5.70. The molecule has 0 saturated carbocycles. The molecule has 2 aromatic heterocycles. The third-order valence-electron chi connectivity index (χ3n) is 3.84. The molecule has 3 rings (SSSR count). The first-order valence-corrected chi connectivity index (χ1v) is 7.38. The van der Waals surface area contributed by atoms with E-state index in [-0.39, 0.29) is 0 Å². The van der Waals surface area contributed by atoms with E-state index < -0.39 is 6.10 Å². The number of benzene rings is 1. The Bertz CT molecular complexity index is 744. The molecule has 3 heteroatoms. The summed E-state index contributed by atoms with van der Waals surface area (Å²) in [4.78, 5) is 4.70. The van der Waals surface area contributed by atoms with Crippen LogP contribution < -0.4 is 0 Å². The van der Waals surface area contributed by atoms with E-state index in [1.165, 1.54) is 11.1 Å². The summed E-state index contributed by atoms with van der Waals surface area (Å²) in [6, 6.07) is 14.4. The summed E-state index contributed by atoms with van der Waals surface area (Å²) in [5.74, 6) is 0. The molecular formula is C18H20N2O. The molecule has 1 atom stereocenters. The van der Waals surface area contributed by atoms with E-state index >= 15 is 0 Å². The smallest absolute Gasteiger partial charge is 0.137 e. The summed E-state index contributed by atoms with van der Waals surface area (Å²) < 4.78 is 2.00. The molecule has 0 aliphatic heterocycles. The predicted octanol–water partition coefficient (Wildman–Crippen LogP) is 3.68. The summed E-state index contributed by atoms with van der Waals surface area (Å²) in [7, 11) is 0. The lowest BCUT2D eigenvalue weighted by molar-refractivity contribution is 0.167. The fraction of sp³-hybridized carbons (Fsp3) is 0.278. The van der Waals surface area contributed by atoms with Crippen molar-refractivity contribution in [3.05, 3.63) is 71.2 Å². The topological polar surface area (TPSA) is 37.5 Å². The van der Waals surface area contributed by atoms with E-state index in [0.29, 0.717) is 6.42 Å². The van der Waals surface area contributed by atoms with Crippen molar-refractivity contribution in [1.82, 2.24) is 9.38 Å². The quantitative estimate of drug-likeness (QED) is 0.791. The van der Waals surface area contributed by atoms with Crippen molar-refractivity contribution in [3.63, 3.8) is 0 Å². The molecule has 0 aliphatic rings. The number of rotatable bonds is 4. The second-order valence-electron chi connectivity index (χ2n) is 5.46. The molecule has 0 amide bonds. The van der Waals surface area contributed by atoms with Gasteiger partial charge in [-0.3, -0.25) is 0 Å². The van der Waals surface area contributed by atoms with Crippen LogP contribution in [0, 0.1) is 6.92 Å². The number of aromatic nitrogens is 2. The van der Waals surface area contributed by atoms with Crippen molar-refractivity contribution in [1.29, 1.82) is 0 Å². The van der Waals surface area contributed by atoms with Gasteiger partial charge < -0.3 is 9.51 Å². The van der Waals surface area contributed by atoms with Crippen molar-refractivity contribution in [2.45, 2.75) is 32.8 Å². The molecule has 0 bridgehead atoms. The average Bonchev–Trinajstić information content (AvgIpc) is 2.86. The summed E-state index contributed by atoms with van der Waals surface area (Å²) in [6.07, 6.45) is 2.91. The first-order chi connectivity index (χ1) is 10.2. The number of aliphatic hydroxyl groups is 1. The van der Waals surface area contributed by atoms with E-state index in [1.54, 1.807) is 0 Å². The first-order valence-electron chi connectivity index (χ1n) is 7.38. The third kappa shape index (κ3) is 2.69. The molecule has 21 heavy (non-hydrogen) atoms. The molecular weight excluding hydrogens is 260 g/mol. The van der Waals surface area contributed by atoms with E-state index in [1.807, 2.05) is 35.7 Å².